The summed E-state index contributed by atoms with van der Waals surface area (Å²) in [7, 11) is 1.92. The molecule has 102 valence electrons. The summed E-state index contributed by atoms with van der Waals surface area (Å²) in [6, 6.07) is 8.06. The summed E-state index contributed by atoms with van der Waals surface area (Å²) in [6.45, 7) is 5.27. The first-order valence-electron chi connectivity index (χ1n) is 6.22. The number of ether oxygens (including phenoxy) is 1. The van der Waals surface area contributed by atoms with Crippen molar-refractivity contribution in [1.29, 1.82) is 0 Å². The van der Waals surface area contributed by atoms with Gasteiger partial charge in [0.2, 0.25) is 0 Å². The molecule has 1 heterocycles. The van der Waals surface area contributed by atoms with Gasteiger partial charge < -0.3 is 14.5 Å². The SMILES string of the molecule is CNCc1cc(COc2ccc(C)cc2Br)oc1C. The molecule has 2 rings (SSSR count). The Labute approximate surface area is 122 Å². The molecule has 0 aliphatic carbocycles. The molecule has 0 atom stereocenters. The van der Waals surface area contributed by atoms with Crippen molar-refractivity contribution in [3.63, 3.8) is 0 Å². The molecule has 0 bridgehead atoms. The van der Waals surface area contributed by atoms with E-state index in [0.717, 1.165) is 28.3 Å². The molecule has 0 saturated heterocycles. The molecule has 0 amide bonds. The van der Waals surface area contributed by atoms with Crippen LogP contribution in [0.25, 0.3) is 0 Å². The van der Waals surface area contributed by atoms with Crippen molar-refractivity contribution in [3.8, 4) is 5.75 Å². The van der Waals surface area contributed by atoms with Crippen molar-refractivity contribution in [2.45, 2.75) is 27.0 Å². The van der Waals surface area contributed by atoms with Gasteiger partial charge in [0, 0.05) is 12.1 Å². The summed E-state index contributed by atoms with van der Waals surface area (Å²) < 4.78 is 12.4. The molecule has 0 spiro atoms. The monoisotopic (exact) mass is 323 g/mol. The Kier molecular flexibility index (Phi) is 4.66. The number of benzene rings is 1. The number of hydrogen-bond donors (Lipinski definition) is 1. The van der Waals surface area contributed by atoms with Crippen LogP contribution in [0.15, 0.2) is 33.2 Å². The number of rotatable bonds is 5. The van der Waals surface area contributed by atoms with Gasteiger partial charge in [0.1, 0.15) is 23.9 Å². The summed E-state index contributed by atoms with van der Waals surface area (Å²) in [6.07, 6.45) is 0. The number of furan rings is 1. The van der Waals surface area contributed by atoms with E-state index in [2.05, 4.69) is 28.2 Å². The van der Waals surface area contributed by atoms with Crippen LogP contribution in [0.2, 0.25) is 0 Å². The van der Waals surface area contributed by atoms with Crippen LogP contribution < -0.4 is 10.1 Å². The molecule has 0 fully saturated rings. The van der Waals surface area contributed by atoms with E-state index in [1.54, 1.807) is 0 Å². The second-order valence-corrected chi connectivity index (χ2v) is 5.40. The van der Waals surface area contributed by atoms with Crippen LogP contribution in [0.4, 0.5) is 0 Å². The molecule has 3 nitrogen and oxygen atoms in total. The van der Waals surface area contributed by atoms with Gasteiger partial charge in [-0.1, -0.05) is 6.07 Å². The molecule has 1 aromatic carbocycles. The number of aryl methyl sites for hydroxylation is 2. The molecule has 0 saturated carbocycles. The molecular weight excluding hydrogens is 306 g/mol. The van der Waals surface area contributed by atoms with E-state index in [0.29, 0.717) is 6.61 Å². The van der Waals surface area contributed by atoms with Crippen molar-refractivity contribution in [2.24, 2.45) is 0 Å². The summed E-state index contributed by atoms with van der Waals surface area (Å²) in [4.78, 5) is 0. The molecule has 1 N–H and O–H groups in total. The lowest BCUT2D eigenvalue weighted by Gasteiger charge is -2.07. The van der Waals surface area contributed by atoms with Crippen LogP contribution in [0, 0.1) is 13.8 Å². The van der Waals surface area contributed by atoms with E-state index in [1.807, 2.05) is 38.2 Å². The molecule has 4 heteroatoms. The quantitative estimate of drug-likeness (QED) is 0.904. The molecule has 0 unspecified atom stereocenters. The standard InChI is InChI=1S/C15H18BrNO2/c1-10-4-5-15(14(16)6-10)18-9-13-7-12(8-17-3)11(2)19-13/h4-7,17H,8-9H2,1-3H3. The third kappa shape index (κ3) is 3.61. The average molecular weight is 324 g/mol. The van der Waals surface area contributed by atoms with Crippen LogP contribution >= 0.6 is 15.9 Å². The zero-order valence-electron chi connectivity index (χ0n) is 11.4. The van der Waals surface area contributed by atoms with E-state index in [1.165, 1.54) is 11.1 Å². The molecule has 1 aromatic heterocycles. The predicted octanol–water partition coefficient (Wildman–Crippen LogP) is 3.96. The van der Waals surface area contributed by atoms with Gasteiger partial charge in [-0.15, -0.1) is 0 Å². The summed E-state index contributed by atoms with van der Waals surface area (Å²) in [5.41, 5.74) is 2.37. The third-order valence-corrected chi connectivity index (χ3v) is 3.52. The molecular formula is C15H18BrNO2. The highest BCUT2D eigenvalue weighted by molar-refractivity contribution is 9.10. The number of hydrogen-bond acceptors (Lipinski definition) is 3. The maximum absolute atomic E-state index is 5.76. The maximum Gasteiger partial charge on any atom is 0.146 e. The Hall–Kier alpha value is -1.26. The van der Waals surface area contributed by atoms with Crippen LogP contribution in [0.5, 0.6) is 5.75 Å². The largest absolute Gasteiger partial charge is 0.484 e. The summed E-state index contributed by atoms with van der Waals surface area (Å²) in [5.74, 6) is 2.61. The first-order chi connectivity index (χ1) is 9.10. The van der Waals surface area contributed by atoms with Crippen LogP contribution in [0.1, 0.15) is 22.6 Å². The Morgan fingerprint density at radius 1 is 1.26 bits per heavy atom. The Morgan fingerprint density at radius 2 is 2.05 bits per heavy atom. The normalized spacial score (nSPS) is 10.7. The van der Waals surface area contributed by atoms with Gasteiger partial charge in [0.25, 0.3) is 0 Å². The van der Waals surface area contributed by atoms with Crippen molar-refractivity contribution in [2.75, 3.05) is 7.05 Å². The first-order valence-corrected chi connectivity index (χ1v) is 7.01. The fourth-order valence-corrected chi connectivity index (χ4v) is 2.50. The number of halogens is 1. The van der Waals surface area contributed by atoms with Gasteiger partial charge in [-0.25, -0.2) is 0 Å². The minimum atomic E-state index is 0.437. The highest BCUT2D eigenvalue weighted by atomic mass is 79.9. The first kappa shape index (κ1) is 14.2. The zero-order valence-corrected chi connectivity index (χ0v) is 13.0. The molecule has 0 aliphatic rings. The Bertz CT molecular complexity index is 563. The predicted molar refractivity (Wildman–Crippen MR) is 79.4 cm³/mol. The molecule has 2 aromatic rings. The van der Waals surface area contributed by atoms with E-state index in [4.69, 9.17) is 9.15 Å². The minimum absolute atomic E-state index is 0.437. The summed E-state index contributed by atoms with van der Waals surface area (Å²) >= 11 is 3.50. The van der Waals surface area contributed by atoms with E-state index in [-0.39, 0.29) is 0 Å². The van der Waals surface area contributed by atoms with E-state index >= 15 is 0 Å². The lowest BCUT2D eigenvalue weighted by molar-refractivity contribution is 0.266. The lowest BCUT2D eigenvalue weighted by Crippen LogP contribution is -2.04. The van der Waals surface area contributed by atoms with E-state index in [9.17, 15) is 0 Å². The van der Waals surface area contributed by atoms with Crippen molar-refractivity contribution < 1.29 is 9.15 Å². The minimum Gasteiger partial charge on any atom is -0.484 e. The zero-order chi connectivity index (χ0) is 13.8. The second-order valence-electron chi connectivity index (χ2n) is 4.55. The van der Waals surface area contributed by atoms with Gasteiger partial charge in [-0.2, -0.15) is 0 Å². The van der Waals surface area contributed by atoms with Gasteiger partial charge >= 0.3 is 0 Å². The van der Waals surface area contributed by atoms with Crippen molar-refractivity contribution in [3.05, 3.63) is 51.4 Å². The smallest absolute Gasteiger partial charge is 0.146 e. The van der Waals surface area contributed by atoms with Crippen molar-refractivity contribution in [1.82, 2.24) is 5.32 Å². The average Bonchev–Trinajstić information content (AvgIpc) is 2.70. The van der Waals surface area contributed by atoms with Crippen LogP contribution in [-0.2, 0) is 13.2 Å². The van der Waals surface area contributed by atoms with Crippen LogP contribution in [0.3, 0.4) is 0 Å². The Morgan fingerprint density at radius 3 is 2.74 bits per heavy atom. The molecule has 0 aliphatic heterocycles. The topological polar surface area (TPSA) is 34.4 Å². The third-order valence-electron chi connectivity index (χ3n) is 2.90. The van der Waals surface area contributed by atoms with E-state index < -0.39 is 0 Å². The fourth-order valence-electron chi connectivity index (χ4n) is 1.90. The highest BCUT2D eigenvalue weighted by Crippen LogP contribution is 2.27. The fraction of sp³-hybridized carbons (Fsp3) is 0.333. The van der Waals surface area contributed by atoms with Gasteiger partial charge in [-0.3, -0.25) is 0 Å². The Balaban J connectivity index is 2.04. The summed E-state index contributed by atoms with van der Waals surface area (Å²) in [5, 5.41) is 3.12. The number of nitrogens with one attached hydrogen (secondary N) is 1. The van der Waals surface area contributed by atoms with Gasteiger partial charge in [0.15, 0.2) is 0 Å². The van der Waals surface area contributed by atoms with Crippen LogP contribution in [-0.4, -0.2) is 7.05 Å². The lowest BCUT2D eigenvalue weighted by atomic mass is 10.2. The van der Waals surface area contributed by atoms with Gasteiger partial charge in [0.05, 0.1) is 4.47 Å². The maximum atomic E-state index is 5.76. The molecule has 0 radical (unpaired) electrons. The highest BCUT2D eigenvalue weighted by Gasteiger charge is 2.08. The molecule has 19 heavy (non-hydrogen) atoms. The second kappa shape index (κ2) is 6.26. The van der Waals surface area contributed by atoms with Crippen molar-refractivity contribution >= 4 is 15.9 Å². The van der Waals surface area contributed by atoms with Gasteiger partial charge in [-0.05, 0) is 60.6 Å².